The van der Waals surface area contributed by atoms with Crippen LogP contribution in [-0.2, 0) is 14.6 Å². The van der Waals surface area contributed by atoms with Gasteiger partial charge in [0, 0.05) is 30.7 Å². The van der Waals surface area contributed by atoms with E-state index in [2.05, 4.69) is 15.5 Å². The van der Waals surface area contributed by atoms with Crippen LogP contribution in [0.4, 0.5) is 0 Å². The average molecular weight is 429 g/mol. The predicted molar refractivity (Wildman–Crippen MR) is 113 cm³/mol. The third-order valence-electron chi connectivity index (χ3n) is 5.09. The van der Waals surface area contributed by atoms with Crippen LogP contribution in [0.3, 0.4) is 0 Å². The maximum atomic E-state index is 11.7. The van der Waals surface area contributed by atoms with Crippen LogP contribution in [0.1, 0.15) is 24.9 Å². The summed E-state index contributed by atoms with van der Waals surface area (Å²) >= 11 is 6.48. The highest BCUT2D eigenvalue weighted by Gasteiger charge is 2.29. The van der Waals surface area contributed by atoms with Gasteiger partial charge in [-0.2, -0.15) is 0 Å². The smallest absolute Gasteiger partial charge is 0.191 e. The molecular formula is C19H29ClN4O3S. The Morgan fingerprint density at radius 3 is 2.75 bits per heavy atom. The second-order valence-electron chi connectivity index (χ2n) is 7.15. The van der Waals surface area contributed by atoms with Crippen molar-refractivity contribution in [3.05, 3.63) is 34.9 Å². The molecule has 2 heterocycles. The first-order valence-corrected chi connectivity index (χ1v) is 12.0. The highest BCUT2D eigenvalue weighted by atomic mass is 35.5. The number of benzene rings is 1. The lowest BCUT2D eigenvalue weighted by molar-refractivity contribution is 0.0180. The fourth-order valence-electron chi connectivity index (χ4n) is 3.64. The van der Waals surface area contributed by atoms with Crippen LogP contribution in [0.2, 0.25) is 5.02 Å². The number of aliphatic imine (C=N–C) groups is 1. The Labute approximate surface area is 172 Å². The van der Waals surface area contributed by atoms with Gasteiger partial charge < -0.3 is 15.4 Å². The Balaban J connectivity index is 1.76. The molecule has 2 fully saturated rings. The highest BCUT2D eigenvalue weighted by Crippen LogP contribution is 2.28. The van der Waals surface area contributed by atoms with Gasteiger partial charge in [0.25, 0.3) is 0 Å². The molecule has 0 aromatic heterocycles. The molecule has 1 aromatic rings. The molecule has 2 aliphatic heterocycles. The Morgan fingerprint density at radius 1 is 1.36 bits per heavy atom. The summed E-state index contributed by atoms with van der Waals surface area (Å²) < 4.78 is 29.0. The van der Waals surface area contributed by atoms with Crippen LogP contribution in [0.25, 0.3) is 0 Å². The molecule has 0 bridgehead atoms. The molecule has 156 valence electrons. The molecule has 7 nitrogen and oxygen atoms in total. The lowest BCUT2D eigenvalue weighted by Crippen LogP contribution is -2.45. The Bertz CT molecular complexity index is 781. The van der Waals surface area contributed by atoms with Gasteiger partial charge in [-0.1, -0.05) is 29.8 Å². The number of hydrogen-bond donors (Lipinski definition) is 2. The number of morpholine rings is 1. The quantitative estimate of drug-likeness (QED) is 0.527. The van der Waals surface area contributed by atoms with Gasteiger partial charge in [-0.3, -0.25) is 9.89 Å². The van der Waals surface area contributed by atoms with Crippen molar-refractivity contribution in [2.24, 2.45) is 4.99 Å². The van der Waals surface area contributed by atoms with Crippen LogP contribution < -0.4 is 10.6 Å². The van der Waals surface area contributed by atoms with Gasteiger partial charge in [-0.05, 0) is 25.0 Å². The summed E-state index contributed by atoms with van der Waals surface area (Å²) in [5.74, 6) is 1.05. The van der Waals surface area contributed by atoms with E-state index in [1.165, 1.54) is 0 Å². The Kier molecular flexibility index (Phi) is 7.56. The van der Waals surface area contributed by atoms with Crippen molar-refractivity contribution in [1.29, 1.82) is 0 Å². The highest BCUT2D eigenvalue weighted by molar-refractivity contribution is 7.91. The molecule has 2 atom stereocenters. The van der Waals surface area contributed by atoms with Gasteiger partial charge >= 0.3 is 0 Å². The van der Waals surface area contributed by atoms with E-state index in [-0.39, 0.29) is 23.6 Å². The van der Waals surface area contributed by atoms with Crippen molar-refractivity contribution in [2.45, 2.75) is 25.4 Å². The lowest BCUT2D eigenvalue weighted by Gasteiger charge is -2.34. The second kappa shape index (κ2) is 9.91. The van der Waals surface area contributed by atoms with E-state index in [4.69, 9.17) is 21.3 Å². The van der Waals surface area contributed by atoms with E-state index in [0.717, 1.165) is 23.7 Å². The topological polar surface area (TPSA) is 83.0 Å². The molecule has 28 heavy (non-hydrogen) atoms. The first-order valence-electron chi connectivity index (χ1n) is 9.80. The summed E-state index contributed by atoms with van der Waals surface area (Å²) in [6.07, 6.45) is 0.615. The van der Waals surface area contributed by atoms with Gasteiger partial charge in [0.15, 0.2) is 15.8 Å². The lowest BCUT2D eigenvalue weighted by atomic mass is 10.0. The molecule has 3 rings (SSSR count). The van der Waals surface area contributed by atoms with Gasteiger partial charge in [-0.15, -0.1) is 0 Å². The number of halogens is 1. The number of guanidine groups is 1. The zero-order valence-electron chi connectivity index (χ0n) is 16.2. The predicted octanol–water partition coefficient (Wildman–Crippen LogP) is 1.46. The van der Waals surface area contributed by atoms with Crippen molar-refractivity contribution in [3.8, 4) is 0 Å². The number of nitrogens with one attached hydrogen (secondary N) is 2. The molecule has 0 radical (unpaired) electrons. The van der Waals surface area contributed by atoms with E-state index >= 15 is 0 Å². The van der Waals surface area contributed by atoms with Crippen LogP contribution in [0.15, 0.2) is 29.3 Å². The third kappa shape index (κ3) is 5.83. The molecule has 2 N–H and O–H groups in total. The molecule has 9 heteroatoms. The molecule has 2 aliphatic rings. The largest absolute Gasteiger partial charge is 0.379 e. The first kappa shape index (κ1) is 21.4. The standard InChI is InChI=1S/C19H29ClN4O3S/c1-2-21-19(23-15-7-12-28(25,26)14-15)22-13-18(24-8-10-27-11-9-24)16-5-3-4-6-17(16)20/h3-6,15,18H,2,7-14H2,1H3,(H2,21,22,23). The summed E-state index contributed by atoms with van der Waals surface area (Å²) in [5.41, 5.74) is 1.05. The molecule has 0 saturated carbocycles. The second-order valence-corrected chi connectivity index (χ2v) is 9.79. The van der Waals surface area contributed by atoms with Crippen molar-refractivity contribution >= 4 is 27.4 Å². The van der Waals surface area contributed by atoms with E-state index in [0.29, 0.717) is 38.7 Å². The van der Waals surface area contributed by atoms with Crippen molar-refractivity contribution in [2.75, 3.05) is 50.9 Å². The number of hydrogen-bond acceptors (Lipinski definition) is 5. The summed E-state index contributed by atoms with van der Waals surface area (Å²) in [5, 5.41) is 7.24. The number of rotatable bonds is 6. The van der Waals surface area contributed by atoms with Crippen LogP contribution in [0.5, 0.6) is 0 Å². The van der Waals surface area contributed by atoms with E-state index < -0.39 is 9.84 Å². The maximum Gasteiger partial charge on any atom is 0.191 e. The van der Waals surface area contributed by atoms with Crippen LogP contribution in [0, 0.1) is 0 Å². The Morgan fingerprint density at radius 2 is 2.11 bits per heavy atom. The molecule has 0 spiro atoms. The van der Waals surface area contributed by atoms with Gasteiger partial charge in [-0.25, -0.2) is 8.42 Å². The van der Waals surface area contributed by atoms with E-state index in [9.17, 15) is 8.42 Å². The van der Waals surface area contributed by atoms with Crippen LogP contribution >= 0.6 is 11.6 Å². The molecule has 2 saturated heterocycles. The zero-order valence-corrected chi connectivity index (χ0v) is 17.8. The van der Waals surface area contributed by atoms with Crippen LogP contribution in [-0.4, -0.2) is 76.2 Å². The minimum atomic E-state index is -2.94. The normalized spacial score (nSPS) is 24.1. The monoisotopic (exact) mass is 428 g/mol. The molecule has 0 amide bonds. The average Bonchev–Trinajstić information content (AvgIpc) is 3.02. The van der Waals surface area contributed by atoms with Crippen molar-refractivity contribution in [3.63, 3.8) is 0 Å². The zero-order chi connectivity index (χ0) is 20.0. The maximum absolute atomic E-state index is 11.7. The van der Waals surface area contributed by atoms with Gasteiger partial charge in [0.1, 0.15) is 0 Å². The number of sulfone groups is 1. The fraction of sp³-hybridized carbons (Fsp3) is 0.632. The summed E-state index contributed by atoms with van der Waals surface area (Å²) in [6, 6.07) is 7.82. The number of ether oxygens (including phenoxy) is 1. The van der Waals surface area contributed by atoms with Gasteiger partial charge in [0.2, 0.25) is 0 Å². The summed E-state index contributed by atoms with van der Waals surface area (Å²) in [7, 11) is -2.94. The van der Waals surface area contributed by atoms with Crippen molar-refractivity contribution < 1.29 is 13.2 Å². The molecular weight excluding hydrogens is 400 g/mol. The van der Waals surface area contributed by atoms with Gasteiger partial charge in [0.05, 0.1) is 37.3 Å². The minimum absolute atomic E-state index is 0.0420. The Hall–Kier alpha value is -1.35. The van der Waals surface area contributed by atoms with Crippen molar-refractivity contribution in [1.82, 2.24) is 15.5 Å². The third-order valence-corrected chi connectivity index (χ3v) is 7.20. The summed E-state index contributed by atoms with van der Waals surface area (Å²) in [4.78, 5) is 7.12. The van der Waals surface area contributed by atoms with E-state index in [1.807, 2.05) is 31.2 Å². The first-order chi connectivity index (χ1) is 13.5. The fourth-order valence-corrected chi connectivity index (χ4v) is 5.58. The molecule has 2 unspecified atom stereocenters. The number of nitrogens with zero attached hydrogens (tertiary/aromatic N) is 2. The minimum Gasteiger partial charge on any atom is -0.379 e. The SMILES string of the molecule is CCNC(=NCC(c1ccccc1Cl)N1CCOCC1)NC1CCS(=O)(=O)C1. The molecule has 1 aromatic carbocycles. The summed E-state index contributed by atoms with van der Waals surface area (Å²) in [6.45, 7) is 6.28. The van der Waals surface area contributed by atoms with E-state index in [1.54, 1.807) is 0 Å². The molecule has 0 aliphatic carbocycles.